The largest absolute Gasteiger partial charge is 0.484 e. The van der Waals surface area contributed by atoms with E-state index in [4.69, 9.17) is 16.3 Å². The number of nitrogens with one attached hydrogen (secondary N) is 1. The average Bonchev–Trinajstić information content (AvgIpc) is 2.93. The summed E-state index contributed by atoms with van der Waals surface area (Å²) in [6, 6.07) is 6.79. The second-order valence-corrected chi connectivity index (χ2v) is 4.76. The van der Waals surface area contributed by atoms with Gasteiger partial charge in [-0.1, -0.05) is 12.0 Å². The van der Waals surface area contributed by atoms with Gasteiger partial charge in [0.25, 0.3) is 5.91 Å². The smallest absolute Gasteiger partial charge is 0.338 e. The van der Waals surface area contributed by atoms with Gasteiger partial charge in [-0.3, -0.25) is 4.79 Å². The molecule has 1 amide bonds. The van der Waals surface area contributed by atoms with Crippen LogP contribution in [0.3, 0.4) is 0 Å². The van der Waals surface area contributed by atoms with Crippen LogP contribution in [0.2, 0.25) is 0 Å². The quantitative estimate of drug-likeness (QED) is 0.832. The molecule has 0 aliphatic rings. The molecule has 1 heterocycles. The van der Waals surface area contributed by atoms with Crippen LogP contribution in [0, 0.1) is 12.3 Å². The monoisotopic (exact) mass is 301 g/mol. The number of carbonyl (C=O) groups is 2. The summed E-state index contributed by atoms with van der Waals surface area (Å²) < 4.78 is 5.31. The summed E-state index contributed by atoms with van der Waals surface area (Å²) in [6.07, 6.45) is 5.27. The fourth-order valence-electron chi connectivity index (χ4n) is 1.57. The zero-order chi connectivity index (χ0) is 15.2. The van der Waals surface area contributed by atoms with Gasteiger partial charge >= 0.3 is 5.97 Å². The molecule has 0 aliphatic carbocycles. The van der Waals surface area contributed by atoms with Crippen molar-refractivity contribution in [1.82, 2.24) is 0 Å². The molecule has 0 radical (unpaired) electrons. The lowest BCUT2D eigenvalue weighted by atomic mass is 10.2. The summed E-state index contributed by atoms with van der Waals surface area (Å²) in [5, 5.41) is 14.4. The maximum Gasteiger partial charge on any atom is 0.338 e. The third-order valence-electron chi connectivity index (χ3n) is 2.54. The number of benzene rings is 1. The zero-order valence-electron chi connectivity index (χ0n) is 10.8. The van der Waals surface area contributed by atoms with E-state index in [0.717, 1.165) is 0 Å². The van der Waals surface area contributed by atoms with Gasteiger partial charge in [0.1, 0.15) is 5.75 Å². The predicted molar refractivity (Wildman–Crippen MR) is 79.8 cm³/mol. The molecule has 1 aromatic carbocycles. The Hall–Kier alpha value is -2.78. The number of carbonyl (C=O) groups excluding carboxylic acids is 1. The van der Waals surface area contributed by atoms with E-state index < -0.39 is 11.9 Å². The van der Waals surface area contributed by atoms with Crippen LogP contribution in [-0.2, 0) is 4.79 Å². The molecule has 5 nitrogen and oxygen atoms in total. The minimum atomic E-state index is -1.09. The fourth-order valence-corrected chi connectivity index (χ4v) is 2.32. The average molecular weight is 301 g/mol. The van der Waals surface area contributed by atoms with Crippen LogP contribution in [0.4, 0.5) is 5.69 Å². The van der Waals surface area contributed by atoms with E-state index in [-0.39, 0.29) is 17.9 Å². The summed E-state index contributed by atoms with van der Waals surface area (Å²) in [5.74, 6) is 1.41. The van der Waals surface area contributed by atoms with Crippen LogP contribution < -0.4 is 10.1 Å². The topological polar surface area (TPSA) is 75.6 Å². The highest BCUT2D eigenvalue weighted by Crippen LogP contribution is 2.20. The fraction of sp³-hybridized carbons (Fsp3) is 0.0667. The first-order chi connectivity index (χ1) is 10.1. The van der Waals surface area contributed by atoms with E-state index in [0.29, 0.717) is 11.3 Å². The number of hydrogen-bond donors (Lipinski definition) is 2. The summed E-state index contributed by atoms with van der Waals surface area (Å²) in [6.45, 7) is -0.233. The van der Waals surface area contributed by atoms with Crippen molar-refractivity contribution in [3.8, 4) is 18.1 Å². The number of thiophene rings is 1. The second-order valence-electron chi connectivity index (χ2n) is 4.01. The van der Waals surface area contributed by atoms with E-state index in [1.54, 1.807) is 29.6 Å². The highest BCUT2D eigenvalue weighted by Gasteiger charge is 2.13. The van der Waals surface area contributed by atoms with E-state index in [2.05, 4.69) is 11.2 Å². The lowest BCUT2D eigenvalue weighted by molar-refractivity contribution is -0.118. The number of anilines is 1. The normalized spacial score (nSPS) is 9.67. The van der Waals surface area contributed by atoms with Crippen LogP contribution in [0.25, 0.3) is 0 Å². The Morgan fingerprint density at radius 3 is 2.90 bits per heavy atom. The van der Waals surface area contributed by atoms with E-state index in [9.17, 15) is 9.59 Å². The molecular weight excluding hydrogens is 290 g/mol. The van der Waals surface area contributed by atoms with Gasteiger partial charge < -0.3 is 15.2 Å². The number of ether oxygens (including phenoxy) is 1. The molecule has 2 N–H and O–H groups in total. The van der Waals surface area contributed by atoms with Gasteiger partial charge in [0.05, 0.1) is 11.3 Å². The van der Waals surface area contributed by atoms with Crippen molar-refractivity contribution in [1.29, 1.82) is 0 Å². The molecule has 0 spiro atoms. The maximum atomic E-state index is 11.7. The van der Waals surface area contributed by atoms with Crippen LogP contribution in [-0.4, -0.2) is 23.6 Å². The third-order valence-corrected chi connectivity index (χ3v) is 3.28. The van der Waals surface area contributed by atoms with Gasteiger partial charge in [-0.2, -0.15) is 0 Å². The van der Waals surface area contributed by atoms with E-state index in [1.807, 2.05) is 0 Å². The summed E-state index contributed by atoms with van der Waals surface area (Å²) >= 11 is 1.20. The molecule has 21 heavy (non-hydrogen) atoms. The molecule has 0 bridgehead atoms. The van der Waals surface area contributed by atoms with Crippen molar-refractivity contribution in [2.45, 2.75) is 0 Å². The number of carboxylic acids is 1. The van der Waals surface area contributed by atoms with Crippen molar-refractivity contribution in [3.05, 3.63) is 46.2 Å². The Kier molecular flexibility index (Phi) is 4.59. The Morgan fingerprint density at radius 1 is 1.38 bits per heavy atom. The van der Waals surface area contributed by atoms with Crippen LogP contribution >= 0.6 is 11.3 Å². The Balaban J connectivity index is 1.94. The number of terminal acetylenes is 1. The number of rotatable bonds is 5. The van der Waals surface area contributed by atoms with Crippen molar-refractivity contribution < 1.29 is 19.4 Å². The van der Waals surface area contributed by atoms with Crippen LogP contribution in [0.1, 0.15) is 15.9 Å². The predicted octanol–water partition coefficient (Wildman–Crippen LogP) is 2.45. The van der Waals surface area contributed by atoms with Gasteiger partial charge in [-0.15, -0.1) is 17.8 Å². The van der Waals surface area contributed by atoms with Crippen LogP contribution in [0.5, 0.6) is 5.75 Å². The molecule has 106 valence electrons. The first kappa shape index (κ1) is 14.6. The number of amides is 1. The zero-order valence-corrected chi connectivity index (χ0v) is 11.6. The number of carboxylic acid groups (broad SMARTS) is 1. The molecule has 0 unspecified atom stereocenters. The highest BCUT2D eigenvalue weighted by molar-refractivity contribution is 7.08. The van der Waals surface area contributed by atoms with Gasteiger partial charge in [-0.05, 0) is 18.2 Å². The van der Waals surface area contributed by atoms with Crippen molar-refractivity contribution in [3.63, 3.8) is 0 Å². The molecule has 2 aromatic rings. The molecule has 0 saturated heterocycles. The minimum absolute atomic E-state index is 0.0580. The second kappa shape index (κ2) is 6.59. The maximum absolute atomic E-state index is 11.7. The first-order valence-electron chi connectivity index (χ1n) is 5.89. The summed E-state index contributed by atoms with van der Waals surface area (Å²) in [7, 11) is 0. The van der Waals surface area contributed by atoms with Gasteiger partial charge in [0, 0.05) is 16.3 Å². The Labute approximate surface area is 125 Å². The third kappa shape index (κ3) is 3.84. The van der Waals surface area contributed by atoms with Gasteiger partial charge in [0.15, 0.2) is 6.61 Å². The molecule has 6 heteroatoms. The standard InChI is InChI=1S/C15H11NO4S/c1-2-10-4-3-5-11(6-10)20-7-14(17)16-13-9-21-8-12(13)15(18)19/h1,3-6,8-9H,7H2,(H,16,17)(H,18,19). The van der Waals surface area contributed by atoms with Gasteiger partial charge in [0.2, 0.25) is 0 Å². The molecule has 0 fully saturated rings. The van der Waals surface area contributed by atoms with E-state index in [1.165, 1.54) is 16.7 Å². The van der Waals surface area contributed by atoms with E-state index >= 15 is 0 Å². The van der Waals surface area contributed by atoms with Crippen molar-refractivity contribution in [2.24, 2.45) is 0 Å². The van der Waals surface area contributed by atoms with Gasteiger partial charge in [-0.25, -0.2) is 4.79 Å². The molecule has 0 saturated carbocycles. The summed E-state index contributed by atoms with van der Waals surface area (Å²) in [5.41, 5.74) is 0.972. The molecule has 2 rings (SSSR count). The lowest BCUT2D eigenvalue weighted by Gasteiger charge is -2.07. The molecule has 1 aromatic heterocycles. The lowest BCUT2D eigenvalue weighted by Crippen LogP contribution is -2.21. The number of aromatic carboxylic acids is 1. The number of hydrogen-bond acceptors (Lipinski definition) is 4. The minimum Gasteiger partial charge on any atom is -0.484 e. The Morgan fingerprint density at radius 2 is 2.19 bits per heavy atom. The molecule has 0 atom stereocenters. The van der Waals surface area contributed by atoms with Crippen molar-refractivity contribution >= 4 is 28.9 Å². The summed E-state index contributed by atoms with van der Waals surface area (Å²) in [4.78, 5) is 22.7. The van der Waals surface area contributed by atoms with Crippen LogP contribution in [0.15, 0.2) is 35.0 Å². The molecule has 0 aliphatic heterocycles. The van der Waals surface area contributed by atoms with Crippen molar-refractivity contribution in [2.75, 3.05) is 11.9 Å². The molecular formula is C15H11NO4S. The highest BCUT2D eigenvalue weighted by atomic mass is 32.1. The SMILES string of the molecule is C#Cc1cccc(OCC(=O)Nc2cscc2C(=O)O)c1. The first-order valence-corrected chi connectivity index (χ1v) is 6.83. The Bertz CT molecular complexity index is 714.